The second-order valence-electron chi connectivity index (χ2n) is 9.01. The zero-order chi connectivity index (χ0) is 26.7. The number of hydrogen-bond donors (Lipinski definition) is 7. The molecule has 0 saturated carbocycles. The van der Waals surface area contributed by atoms with Crippen LogP contribution in [0.4, 0.5) is 0 Å². The smallest absolute Gasteiger partial charge is 0.326 e. The molecule has 1 aromatic rings. The zero-order valence-corrected chi connectivity index (χ0v) is 20.5. The largest absolute Gasteiger partial charge is 0.480 e. The third kappa shape index (κ3) is 10.1. The second kappa shape index (κ2) is 14.0. The minimum absolute atomic E-state index is 0.0444. The van der Waals surface area contributed by atoms with Gasteiger partial charge in [-0.1, -0.05) is 34.1 Å². The van der Waals surface area contributed by atoms with E-state index in [1.165, 1.54) is 12.5 Å². The SMILES string of the molecule is CCC(C)C(N)C(=O)NC(CC(N)=O)C(=O)NC(CC(C)C)C(=O)NC(Cc1cnc[nH]1)C(=O)O. The van der Waals surface area contributed by atoms with Gasteiger partial charge in [0.2, 0.25) is 23.6 Å². The van der Waals surface area contributed by atoms with E-state index in [1.807, 2.05) is 20.8 Å². The molecule has 0 aliphatic heterocycles. The summed E-state index contributed by atoms with van der Waals surface area (Å²) in [4.78, 5) is 68.2. The number of aromatic amines is 1. The van der Waals surface area contributed by atoms with Crippen molar-refractivity contribution in [3.63, 3.8) is 0 Å². The van der Waals surface area contributed by atoms with Crippen molar-refractivity contribution in [1.29, 1.82) is 0 Å². The quantitative estimate of drug-likeness (QED) is 0.156. The summed E-state index contributed by atoms with van der Waals surface area (Å²) in [6.07, 6.45) is 3.09. The van der Waals surface area contributed by atoms with Gasteiger partial charge in [0.25, 0.3) is 0 Å². The van der Waals surface area contributed by atoms with E-state index >= 15 is 0 Å². The Balaban J connectivity index is 3.00. The number of H-pyrrole nitrogens is 1. The van der Waals surface area contributed by atoms with Gasteiger partial charge >= 0.3 is 5.97 Å². The fourth-order valence-corrected chi connectivity index (χ4v) is 3.25. The first-order valence-corrected chi connectivity index (χ1v) is 11.5. The number of carbonyl (C=O) groups excluding carboxylic acids is 4. The lowest BCUT2D eigenvalue weighted by Gasteiger charge is -2.26. The van der Waals surface area contributed by atoms with Crippen molar-refractivity contribution in [2.75, 3.05) is 0 Å². The highest BCUT2D eigenvalue weighted by atomic mass is 16.4. The van der Waals surface area contributed by atoms with Crippen LogP contribution in [0.5, 0.6) is 0 Å². The molecule has 0 saturated heterocycles. The molecule has 196 valence electrons. The highest BCUT2D eigenvalue weighted by Crippen LogP contribution is 2.09. The molecule has 0 bridgehead atoms. The highest BCUT2D eigenvalue weighted by Gasteiger charge is 2.32. The standard InChI is InChI=1S/C22H37N7O6/c1-5-12(4)18(24)21(33)28-15(8-17(23)30)20(32)27-14(6-11(2)3)19(31)29-16(22(34)35)7-13-9-25-10-26-13/h9-12,14-16,18H,5-8,24H2,1-4H3,(H2,23,30)(H,25,26)(H,27,32)(H,28,33)(H,29,31)(H,34,35). The van der Waals surface area contributed by atoms with Crippen LogP contribution in [0.2, 0.25) is 0 Å². The Kier molecular flexibility index (Phi) is 11.9. The normalized spacial score (nSPS) is 15.4. The Labute approximate surface area is 204 Å². The van der Waals surface area contributed by atoms with Crippen LogP contribution in [0.3, 0.4) is 0 Å². The van der Waals surface area contributed by atoms with E-state index in [1.54, 1.807) is 6.92 Å². The molecular formula is C22H37N7O6. The lowest BCUT2D eigenvalue weighted by molar-refractivity contribution is -0.142. The molecule has 0 aliphatic carbocycles. The Hall–Kier alpha value is -3.48. The van der Waals surface area contributed by atoms with E-state index in [2.05, 4.69) is 25.9 Å². The predicted molar refractivity (Wildman–Crippen MR) is 126 cm³/mol. The lowest BCUT2D eigenvalue weighted by atomic mass is 9.98. The molecule has 0 spiro atoms. The summed E-state index contributed by atoms with van der Waals surface area (Å²) >= 11 is 0. The molecule has 13 heteroatoms. The van der Waals surface area contributed by atoms with E-state index in [0.717, 1.165) is 0 Å². The molecule has 0 radical (unpaired) electrons. The predicted octanol–water partition coefficient (Wildman–Crippen LogP) is -1.21. The third-order valence-corrected chi connectivity index (χ3v) is 5.53. The summed E-state index contributed by atoms with van der Waals surface area (Å²) in [6.45, 7) is 7.27. The molecule has 0 aromatic carbocycles. The molecule has 0 aliphatic rings. The van der Waals surface area contributed by atoms with Crippen molar-refractivity contribution >= 4 is 29.6 Å². The van der Waals surface area contributed by atoms with Crippen molar-refractivity contribution in [2.45, 2.75) is 77.5 Å². The maximum atomic E-state index is 13.0. The molecule has 0 fully saturated rings. The van der Waals surface area contributed by atoms with Gasteiger partial charge in [0, 0.05) is 18.3 Å². The minimum atomic E-state index is -1.35. The monoisotopic (exact) mass is 495 g/mol. The molecule has 1 heterocycles. The summed E-state index contributed by atoms with van der Waals surface area (Å²) < 4.78 is 0. The molecule has 1 aromatic heterocycles. The second-order valence-corrected chi connectivity index (χ2v) is 9.01. The van der Waals surface area contributed by atoms with E-state index in [4.69, 9.17) is 11.5 Å². The van der Waals surface area contributed by atoms with E-state index < -0.39 is 60.2 Å². The van der Waals surface area contributed by atoms with Gasteiger partial charge in [-0.15, -0.1) is 0 Å². The van der Waals surface area contributed by atoms with Gasteiger partial charge in [-0.3, -0.25) is 19.2 Å². The third-order valence-electron chi connectivity index (χ3n) is 5.53. The van der Waals surface area contributed by atoms with Crippen LogP contribution in [0.1, 0.15) is 52.7 Å². The maximum Gasteiger partial charge on any atom is 0.326 e. The Morgan fingerprint density at radius 3 is 2.06 bits per heavy atom. The van der Waals surface area contributed by atoms with E-state index in [9.17, 15) is 29.1 Å². The summed E-state index contributed by atoms with van der Waals surface area (Å²) in [5.41, 5.74) is 11.7. The van der Waals surface area contributed by atoms with Crippen LogP contribution < -0.4 is 27.4 Å². The van der Waals surface area contributed by atoms with Gasteiger partial charge in [0.05, 0.1) is 18.8 Å². The molecule has 9 N–H and O–H groups in total. The fraction of sp³-hybridized carbons (Fsp3) is 0.636. The first kappa shape index (κ1) is 29.6. The number of carbonyl (C=O) groups is 5. The fourth-order valence-electron chi connectivity index (χ4n) is 3.25. The molecule has 35 heavy (non-hydrogen) atoms. The Morgan fingerprint density at radius 1 is 1.00 bits per heavy atom. The van der Waals surface area contributed by atoms with Crippen LogP contribution in [0, 0.1) is 11.8 Å². The number of nitrogens with two attached hydrogens (primary N) is 2. The average Bonchev–Trinajstić information content (AvgIpc) is 3.28. The first-order valence-electron chi connectivity index (χ1n) is 11.5. The van der Waals surface area contributed by atoms with Crippen LogP contribution in [0.15, 0.2) is 12.5 Å². The Bertz CT molecular complexity index is 874. The number of amides is 4. The number of aliphatic carboxylic acids is 1. The van der Waals surface area contributed by atoms with Gasteiger partial charge < -0.3 is 37.5 Å². The minimum Gasteiger partial charge on any atom is -0.480 e. The number of primary amides is 1. The van der Waals surface area contributed by atoms with Crippen LogP contribution in [0.25, 0.3) is 0 Å². The van der Waals surface area contributed by atoms with E-state index in [0.29, 0.717) is 12.1 Å². The molecule has 5 atom stereocenters. The maximum absolute atomic E-state index is 13.0. The van der Waals surface area contributed by atoms with Crippen LogP contribution >= 0.6 is 0 Å². The van der Waals surface area contributed by atoms with Gasteiger partial charge in [-0.05, 0) is 18.3 Å². The van der Waals surface area contributed by atoms with Gasteiger partial charge in [0.1, 0.15) is 18.1 Å². The highest BCUT2D eigenvalue weighted by molar-refractivity contribution is 5.96. The van der Waals surface area contributed by atoms with Crippen LogP contribution in [-0.4, -0.2) is 68.8 Å². The molecule has 5 unspecified atom stereocenters. The van der Waals surface area contributed by atoms with Crippen molar-refractivity contribution in [3.05, 3.63) is 18.2 Å². The number of carboxylic acids is 1. The molecule has 1 rings (SSSR count). The van der Waals surface area contributed by atoms with Gasteiger partial charge in [-0.25, -0.2) is 9.78 Å². The average molecular weight is 496 g/mol. The number of rotatable bonds is 15. The first-order chi connectivity index (χ1) is 16.3. The van der Waals surface area contributed by atoms with Crippen LogP contribution in [-0.2, 0) is 30.4 Å². The number of hydrogen-bond acceptors (Lipinski definition) is 7. The van der Waals surface area contributed by atoms with Crippen molar-refractivity contribution in [2.24, 2.45) is 23.3 Å². The van der Waals surface area contributed by atoms with Crippen molar-refractivity contribution < 1.29 is 29.1 Å². The number of nitrogens with zero attached hydrogens (tertiary/aromatic N) is 1. The number of carboxylic acid groups (broad SMARTS) is 1. The topological polar surface area (TPSA) is 222 Å². The Morgan fingerprint density at radius 2 is 1.57 bits per heavy atom. The lowest BCUT2D eigenvalue weighted by Crippen LogP contribution is -2.58. The summed E-state index contributed by atoms with van der Waals surface area (Å²) in [5.74, 6) is -4.48. The summed E-state index contributed by atoms with van der Waals surface area (Å²) in [6, 6.07) is -4.65. The number of aromatic nitrogens is 2. The number of imidazole rings is 1. The molecule has 13 nitrogen and oxygen atoms in total. The van der Waals surface area contributed by atoms with Crippen molar-refractivity contribution in [3.8, 4) is 0 Å². The summed E-state index contributed by atoms with van der Waals surface area (Å²) in [7, 11) is 0. The zero-order valence-electron chi connectivity index (χ0n) is 20.5. The number of nitrogens with one attached hydrogen (secondary N) is 4. The molecular weight excluding hydrogens is 458 g/mol. The van der Waals surface area contributed by atoms with E-state index in [-0.39, 0.29) is 24.7 Å². The molecule has 4 amide bonds. The van der Waals surface area contributed by atoms with Gasteiger partial charge in [0.15, 0.2) is 0 Å². The van der Waals surface area contributed by atoms with Crippen molar-refractivity contribution in [1.82, 2.24) is 25.9 Å². The van der Waals surface area contributed by atoms with Gasteiger partial charge in [-0.2, -0.15) is 0 Å². The summed E-state index contributed by atoms with van der Waals surface area (Å²) in [5, 5.41) is 16.9.